The second kappa shape index (κ2) is 9.46. The van der Waals surface area contributed by atoms with Crippen molar-refractivity contribution < 1.29 is 9.53 Å². The molecule has 0 aliphatic rings. The minimum Gasteiger partial charge on any atom is -0.497 e. The zero-order valence-corrected chi connectivity index (χ0v) is 16.1. The monoisotopic (exact) mass is 362 g/mol. The van der Waals surface area contributed by atoms with Crippen LogP contribution in [-0.2, 0) is 11.3 Å². The zero-order chi connectivity index (χ0) is 18.2. The van der Waals surface area contributed by atoms with Gasteiger partial charge in [-0.1, -0.05) is 25.1 Å². The summed E-state index contributed by atoms with van der Waals surface area (Å²) in [5.74, 6) is 1.98. The van der Waals surface area contributed by atoms with E-state index >= 15 is 0 Å². The number of ether oxygens (including phenoxy) is 1. The molecule has 7 heteroatoms. The highest BCUT2D eigenvalue weighted by Crippen LogP contribution is 2.25. The van der Waals surface area contributed by atoms with Crippen LogP contribution < -0.4 is 10.1 Å². The van der Waals surface area contributed by atoms with E-state index < -0.39 is 0 Å². The summed E-state index contributed by atoms with van der Waals surface area (Å²) in [6.45, 7) is 6.93. The van der Waals surface area contributed by atoms with Crippen molar-refractivity contribution in [1.82, 2.24) is 20.1 Å². The van der Waals surface area contributed by atoms with E-state index in [0.29, 0.717) is 5.75 Å². The standard InChI is InChI=1S/C18H26N4O2S/c1-5-7-13(3)19-16(23)12-25-18-21-20-17(22(18)6-2)14-8-10-15(24-4)11-9-14/h8-11,13H,5-7,12H2,1-4H3,(H,19,23)/t13-/m1/s1. The summed E-state index contributed by atoms with van der Waals surface area (Å²) in [7, 11) is 1.64. The van der Waals surface area contributed by atoms with Gasteiger partial charge in [0, 0.05) is 18.2 Å². The highest BCUT2D eigenvalue weighted by molar-refractivity contribution is 7.99. The van der Waals surface area contributed by atoms with Crippen LogP contribution in [0.2, 0.25) is 0 Å². The number of aromatic nitrogens is 3. The summed E-state index contributed by atoms with van der Waals surface area (Å²) < 4.78 is 7.21. The van der Waals surface area contributed by atoms with Gasteiger partial charge in [0.25, 0.3) is 0 Å². The molecule has 0 radical (unpaired) electrons. The van der Waals surface area contributed by atoms with Gasteiger partial charge in [-0.25, -0.2) is 0 Å². The number of carbonyl (C=O) groups is 1. The Bertz CT molecular complexity index is 685. The lowest BCUT2D eigenvalue weighted by Gasteiger charge is -2.12. The first-order valence-electron chi connectivity index (χ1n) is 8.58. The molecule has 0 saturated carbocycles. The maximum atomic E-state index is 12.0. The van der Waals surface area contributed by atoms with E-state index in [4.69, 9.17) is 4.74 Å². The molecule has 0 spiro atoms. The molecule has 0 aliphatic heterocycles. The number of nitrogens with one attached hydrogen (secondary N) is 1. The molecule has 0 fully saturated rings. The Morgan fingerprint density at radius 2 is 2.00 bits per heavy atom. The van der Waals surface area contributed by atoms with Crippen molar-refractivity contribution in [1.29, 1.82) is 0 Å². The van der Waals surface area contributed by atoms with E-state index in [1.54, 1.807) is 7.11 Å². The van der Waals surface area contributed by atoms with Crippen molar-refractivity contribution in [3.63, 3.8) is 0 Å². The third-order valence-electron chi connectivity index (χ3n) is 3.84. The van der Waals surface area contributed by atoms with Crippen molar-refractivity contribution in [2.75, 3.05) is 12.9 Å². The predicted octanol–water partition coefficient (Wildman–Crippen LogP) is 3.37. The summed E-state index contributed by atoms with van der Waals surface area (Å²) in [5.41, 5.74) is 0.975. The minimum atomic E-state index is 0.0302. The molecule has 2 rings (SSSR count). The number of methoxy groups -OCH3 is 1. The van der Waals surface area contributed by atoms with Crippen molar-refractivity contribution in [3.05, 3.63) is 24.3 Å². The fraction of sp³-hybridized carbons (Fsp3) is 0.500. The quantitative estimate of drug-likeness (QED) is 0.693. The summed E-state index contributed by atoms with van der Waals surface area (Å²) >= 11 is 1.42. The third kappa shape index (κ3) is 5.22. The molecule has 1 atom stereocenters. The normalized spacial score (nSPS) is 12.0. The lowest BCUT2D eigenvalue weighted by molar-refractivity contribution is -0.119. The van der Waals surface area contributed by atoms with E-state index in [9.17, 15) is 4.79 Å². The molecule has 0 bridgehead atoms. The molecule has 0 saturated heterocycles. The van der Waals surface area contributed by atoms with Crippen LogP contribution in [0.4, 0.5) is 0 Å². The first kappa shape index (κ1) is 19.3. The molecule has 0 aliphatic carbocycles. The molecule has 1 N–H and O–H groups in total. The van der Waals surface area contributed by atoms with Crippen LogP contribution in [0.3, 0.4) is 0 Å². The summed E-state index contributed by atoms with van der Waals surface area (Å²) in [5, 5.41) is 12.3. The lowest BCUT2D eigenvalue weighted by Crippen LogP contribution is -2.33. The summed E-state index contributed by atoms with van der Waals surface area (Å²) in [6.07, 6.45) is 2.05. The van der Waals surface area contributed by atoms with Crippen molar-refractivity contribution in [2.45, 2.75) is 51.4 Å². The number of benzene rings is 1. The van der Waals surface area contributed by atoms with Gasteiger partial charge in [-0.3, -0.25) is 4.79 Å². The van der Waals surface area contributed by atoms with Gasteiger partial charge >= 0.3 is 0 Å². The van der Waals surface area contributed by atoms with Crippen LogP contribution >= 0.6 is 11.8 Å². The van der Waals surface area contributed by atoms with Gasteiger partial charge in [0.15, 0.2) is 11.0 Å². The molecule has 2 aromatic rings. The SMILES string of the molecule is CCC[C@@H](C)NC(=O)CSc1nnc(-c2ccc(OC)cc2)n1CC. The number of hydrogen-bond acceptors (Lipinski definition) is 5. The summed E-state index contributed by atoms with van der Waals surface area (Å²) in [6, 6.07) is 7.93. The molecular weight excluding hydrogens is 336 g/mol. The van der Waals surface area contributed by atoms with Crippen LogP contribution in [0, 0.1) is 0 Å². The third-order valence-corrected chi connectivity index (χ3v) is 4.81. The average Bonchev–Trinajstić information content (AvgIpc) is 3.03. The number of hydrogen-bond donors (Lipinski definition) is 1. The van der Waals surface area contributed by atoms with E-state index in [2.05, 4.69) is 22.4 Å². The van der Waals surface area contributed by atoms with E-state index in [-0.39, 0.29) is 11.9 Å². The van der Waals surface area contributed by atoms with Gasteiger partial charge in [-0.15, -0.1) is 10.2 Å². The Balaban J connectivity index is 2.05. The second-order valence-electron chi connectivity index (χ2n) is 5.82. The number of amides is 1. The van der Waals surface area contributed by atoms with Gasteiger partial charge in [-0.2, -0.15) is 0 Å². The van der Waals surface area contributed by atoms with Gasteiger partial charge in [0.2, 0.25) is 5.91 Å². The first-order chi connectivity index (χ1) is 12.1. The van der Waals surface area contributed by atoms with Gasteiger partial charge in [0.1, 0.15) is 5.75 Å². The molecule has 1 aromatic heterocycles. The predicted molar refractivity (Wildman–Crippen MR) is 101 cm³/mol. The second-order valence-corrected chi connectivity index (χ2v) is 6.77. The zero-order valence-electron chi connectivity index (χ0n) is 15.3. The highest BCUT2D eigenvalue weighted by Gasteiger charge is 2.15. The van der Waals surface area contributed by atoms with Crippen molar-refractivity contribution >= 4 is 17.7 Å². The van der Waals surface area contributed by atoms with E-state index in [1.807, 2.05) is 42.7 Å². The topological polar surface area (TPSA) is 69.0 Å². The number of rotatable bonds is 9. The lowest BCUT2D eigenvalue weighted by atomic mass is 10.2. The van der Waals surface area contributed by atoms with Gasteiger partial charge < -0.3 is 14.6 Å². The number of carbonyl (C=O) groups excluding carboxylic acids is 1. The Hall–Kier alpha value is -2.02. The van der Waals surface area contributed by atoms with Crippen LogP contribution in [0.5, 0.6) is 5.75 Å². The minimum absolute atomic E-state index is 0.0302. The Morgan fingerprint density at radius 1 is 1.28 bits per heavy atom. The molecule has 0 unspecified atom stereocenters. The molecule has 1 heterocycles. The van der Waals surface area contributed by atoms with Crippen LogP contribution in [-0.4, -0.2) is 39.6 Å². The Kier molecular flexibility index (Phi) is 7.31. The molecule has 6 nitrogen and oxygen atoms in total. The smallest absolute Gasteiger partial charge is 0.230 e. The van der Waals surface area contributed by atoms with E-state index in [1.165, 1.54) is 11.8 Å². The maximum Gasteiger partial charge on any atom is 0.230 e. The Morgan fingerprint density at radius 3 is 2.60 bits per heavy atom. The largest absolute Gasteiger partial charge is 0.497 e. The van der Waals surface area contributed by atoms with Crippen molar-refractivity contribution in [3.8, 4) is 17.1 Å². The number of nitrogens with zero attached hydrogens (tertiary/aromatic N) is 3. The average molecular weight is 362 g/mol. The molecule has 1 aromatic carbocycles. The molecule has 136 valence electrons. The van der Waals surface area contributed by atoms with Crippen LogP contribution in [0.25, 0.3) is 11.4 Å². The van der Waals surface area contributed by atoms with Gasteiger partial charge in [-0.05, 0) is 44.5 Å². The van der Waals surface area contributed by atoms with Crippen molar-refractivity contribution in [2.24, 2.45) is 0 Å². The first-order valence-corrected chi connectivity index (χ1v) is 9.57. The van der Waals surface area contributed by atoms with Crippen LogP contribution in [0.1, 0.15) is 33.6 Å². The number of thioether (sulfide) groups is 1. The fourth-order valence-corrected chi connectivity index (χ4v) is 3.40. The Labute approximate surface area is 153 Å². The molecular formula is C18H26N4O2S. The maximum absolute atomic E-state index is 12.0. The van der Waals surface area contributed by atoms with Gasteiger partial charge in [0.05, 0.1) is 12.9 Å². The van der Waals surface area contributed by atoms with E-state index in [0.717, 1.165) is 41.7 Å². The molecule has 1 amide bonds. The fourth-order valence-electron chi connectivity index (χ4n) is 2.59. The molecule has 25 heavy (non-hydrogen) atoms. The van der Waals surface area contributed by atoms with Crippen LogP contribution in [0.15, 0.2) is 29.4 Å². The summed E-state index contributed by atoms with van der Waals surface area (Å²) in [4.78, 5) is 12.0. The highest BCUT2D eigenvalue weighted by atomic mass is 32.2.